The minimum atomic E-state index is -0.833. The van der Waals surface area contributed by atoms with E-state index in [9.17, 15) is 0 Å². The average molecular weight is 435 g/mol. The number of rotatable bonds is 4. The van der Waals surface area contributed by atoms with Crippen molar-refractivity contribution < 1.29 is 14.3 Å². The number of nitrogens with zero attached hydrogens (tertiary/aromatic N) is 7. The second-order valence-electron chi connectivity index (χ2n) is 7.69. The van der Waals surface area contributed by atoms with E-state index >= 15 is 0 Å². The molecule has 1 aliphatic heterocycles. The molecule has 1 atom stereocenters. The minimum Gasteiger partial charge on any atom is -0.481 e. The van der Waals surface area contributed by atoms with Gasteiger partial charge in [0, 0.05) is 45.0 Å². The topological polar surface area (TPSA) is 123 Å². The van der Waals surface area contributed by atoms with Gasteiger partial charge in [-0.25, -0.2) is 14.6 Å². The van der Waals surface area contributed by atoms with Crippen LogP contribution in [0.1, 0.15) is 31.4 Å². The molecule has 0 saturated carbocycles. The van der Waals surface area contributed by atoms with Crippen LogP contribution in [0, 0.1) is 12.8 Å². The highest BCUT2D eigenvalue weighted by Crippen LogP contribution is 2.27. The van der Waals surface area contributed by atoms with Crippen LogP contribution in [-0.2, 0) is 11.2 Å². The highest BCUT2D eigenvalue weighted by molar-refractivity contribution is 5.69. The fourth-order valence-electron chi connectivity index (χ4n) is 3.84. The molecule has 0 aromatic carbocycles. The van der Waals surface area contributed by atoms with Gasteiger partial charge in [0.1, 0.15) is 11.6 Å². The average Bonchev–Trinajstić information content (AvgIpc) is 3.37. The first-order chi connectivity index (χ1) is 15.5. The Bertz CT molecular complexity index is 1150. The maximum atomic E-state index is 9.00. The van der Waals surface area contributed by atoms with E-state index in [0.29, 0.717) is 17.6 Å². The van der Waals surface area contributed by atoms with Crippen LogP contribution in [0.5, 0.6) is 0 Å². The van der Waals surface area contributed by atoms with E-state index in [2.05, 4.69) is 29.9 Å². The second-order valence-corrected chi connectivity index (χ2v) is 7.69. The smallest absolute Gasteiger partial charge is 0.300 e. The van der Waals surface area contributed by atoms with Crippen molar-refractivity contribution in [3.63, 3.8) is 0 Å². The molecular formula is C22H25N7O3. The molecule has 1 N–H and O–H groups in total. The van der Waals surface area contributed by atoms with E-state index in [0.717, 1.165) is 62.2 Å². The number of pyridine rings is 2. The Morgan fingerprint density at radius 3 is 2.75 bits per heavy atom. The van der Waals surface area contributed by atoms with E-state index in [-0.39, 0.29) is 0 Å². The molecule has 4 aromatic rings. The Morgan fingerprint density at radius 2 is 2.00 bits per heavy atom. The molecule has 32 heavy (non-hydrogen) atoms. The van der Waals surface area contributed by atoms with Gasteiger partial charge >= 0.3 is 0 Å². The van der Waals surface area contributed by atoms with Crippen LogP contribution < -0.4 is 4.90 Å². The summed E-state index contributed by atoms with van der Waals surface area (Å²) in [5, 5.41) is 12.0. The van der Waals surface area contributed by atoms with Crippen molar-refractivity contribution in [3.8, 4) is 5.69 Å². The first-order valence-corrected chi connectivity index (χ1v) is 10.5. The zero-order valence-electron chi connectivity index (χ0n) is 18.0. The molecule has 1 fully saturated rings. The number of aliphatic carboxylic acids is 1. The number of carboxylic acid groups (broad SMARTS) is 1. The van der Waals surface area contributed by atoms with E-state index < -0.39 is 5.97 Å². The number of aromatic nitrogens is 6. The van der Waals surface area contributed by atoms with E-state index in [1.54, 1.807) is 18.6 Å². The summed E-state index contributed by atoms with van der Waals surface area (Å²) in [6, 6.07) is 8.34. The van der Waals surface area contributed by atoms with Gasteiger partial charge in [0.15, 0.2) is 5.58 Å². The summed E-state index contributed by atoms with van der Waals surface area (Å²) in [4.78, 5) is 28.8. The van der Waals surface area contributed by atoms with Crippen LogP contribution in [0.4, 0.5) is 6.01 Å². The Labute approximate surface area is 185 Å². The van der Waals surface area contributed by atoms with Crippen LogP contribution in [0.3, 0.4) is 0 Å². The Balaban J connectivity index is 0.000000567. The normalized spacial score (nSPS) is 15.9. The van der Waals surface area contributed by atoms with Gasteiger partial charge in [0.2, 0.25) is 5.65 Å². The predicted molar refractivity (Wildman–Crippen MR) is 118 cm³/mol. The van der Waals surface area contributed by atoms with Gasteiger partial charge in [-0.15, -0.1) is 0 Å². The largest absolute Gasteiger partial charge is 0.481 e. The van der Waals surface area contributed by atoms with Gasteiger partial charge in [-0.3, -0.25) is 9.78 Å². The molecule has 10 nitrogen and oxygen atoms in total. The third-order valence-electron chi connectivity index (χ3n) is 5.10. The monoisotopic (exact) mass is 435 g/mol. The number of hydrogen-bond acceptors (Lipinski definition) is 8. The lowest BCUT2D eigenvalue weighted by molar-refractivity contribution is -0.134. The van der Waals surface area contributed by atoms with E-state index in [1.165, 1.54) is 0 Å². The van der Waals surface area contributed by atoms with Crippen molar-refractivity contribution in [1.82, 2.24) is 29.7 Å². The number of hydrogen-bond donors (Lipinski definition) is 1. The van der Waals surface area contributed by atoms with Crippen LogP contribution in [0.25, 0.3) is 16.9 Å². The minimum absolute atomic E-state index is 0.459. The van der Waals surface area contributed by atoms with Crippen molar-refractivity contribution >= 4 is 23.2 Å². The summed E-state index contributed by atoms with van der Waals surface area (Å²) in [5.41, 5.74) is 2.38. The maximum Gasteiger partial charge on any atom is 0.300 e. The molecular weight excluding hydrogens is 410 g/mol. The quantitative estimate of drug-likeness (QED) is 0.515. The van der Waals surface area contributed by atoms with Gasteiger partial charge < -0.3 is 14.4 Å². The lowest BCUT2D eigenvalue weighted by atomic mass is 9.94. The first-order valence-electron chi connectivity index (χ1n) is 10.5. The zero-order valence-corrected chi connectivity index (χ0v) is 18.0. The number of carbonyl (C=O) groups is 1. The number of aryl methyl sites for hydroxylation is 1. The Morgan fingerprint density at radius 1 is 1.22 bits per heavy atom. The summed E-state index contributed by atoms with van der Waals surface area (Å²) in [7, 11) is 0. The summed E-state index contributed by atoms with van der Waals surface area (Å²) in [5.74, 6) is 1.39. The highest BCUT2D eigenvalue weighted by atomic mass is 16.4. The van der Waals surface area contributed by atoms with Crippen molar-refractivity contribution in [2.75, 3.05) is 18.0 Å². The lowest BCUT2D eigenvalue weighted by Gasteiger charge is -2.31. The van der Waals surface area contributed by atoms with Crippen molar-refractivity contribution in [2.24, 2.45) is 5.92 Å². The predicted octanol–water partition coefficient (Wildman–Crippen LogP) is 3.06. The van der Waals surface area contributed by atoms with Gasteiger partial charge in [-0.2, -0.15) is 10.1 Å². The van der Waals surface area contributed by atoms with Gasteiger partial charge in [0.05, 0.1) is 5.69 Å². The molecule has 1 aliphatic rings. The van der Waals surface area contributed by atoms with Crippen molar-refractivity contribution in [2.45, 2.75) is 33.1 Å². The molecule has 4 aromatic heterocycles. The standard InChI is InChI=1S/C20H21N7O.C2H4O2/c1-14-23-18(27(25-14)16-6-9-21-10-7-16)12-15-4-3-11-26(13-15)20-24-19-17(28-20)5-2-8-22-19;1-2(3)4/h2,5-10,15H,3-4,11-13H2,1H3;1H3,(H,3,4). The van der Waals surface area contributed by atoms with Gasteiger partial charge in [0.25, 0.3) is 12.0 Å². The van der Waals surface area contributed by atoms with Crippen LogP contribution in [0.2, 0.25) is 0 Å². The van der Waals surface area contributed by atoms with Crippen molar-refractivity contribution in [3.05, 3.63) is 54.5 Å². The van der Waals surface area contributed by atoms with Crippen LogP contribution >= 0.6 is 0 Å². The fourth-order valence-corrected chi connectivity index (χ4v) is 3.84. The SMILES string of the molecule is CC(=O)O.Cc1nc(CC2CCCN(c3nc4ncccc4o3)C2)n(-c2ccncc2)n1. The van der Waals surface area contributed by atoms with Crippen molar-refractivity contribution in [1.29, 1.82) is 0 Å². The Hall–Kier alpha value is -3.82. The van der Waals surface area contributed by atoms with E-state index in [1.807, 2.05) is 35.9 Å². The molecule has 1 saturated heterocycles. The number of anilines is 1. The summed E-state index contributed by atoms with van der Waals surface area (Å²) in [6.07, 6.45) is 8.40. The molecule has 0 amide bonds. The first kappa shape index (κ1) is 21.4. The third kappa shape index (κ3) is 5.08. The molecule has 1 unspecified atom stereocenters. The number of piperidine rings is 1. The fraction of sp³-hybridized carbons (Fsp3) is 0.364. The van der Waals surface area contributed by atoms with Gasteiger partial charge in [-0.05, 0) is 49.9 Å². The highest BCUT2D eigenvalue weighted by Gasteiger charge is 2.25. The van der Waals surface area contributed by atoms with E-state index in [4.69, 9.17) is 14.3 Å². The molecule has 0 bridgehead atoms. The molecule has 10 heteroatoms. The number of carboxylic acids is 1. The summed E-state index contributed by atoms with van der Waals surface area (Å²) in [6.45, 7) is 4.84. The number of oxazole rings is 1. The number of fused-ring (bicyclic) bond motifs is 1. The maximum absolute atomic E-state index is 9.00. The molecule has 0 aliphatic carbocycles. The zero-order chi connectivity index (χ0) is 22.5. The molecule has 5 heterocycles. The molecule has 5 rings (SSSR count). The summed E-state index contributed by atoms with van der Waals surface area (Å²) < 4.78 is 7.85. The molecule has 0 radical (unpaired) electrons. The second kappa shape index (κ2) is 9.54. The lowest BCUT2D eigenvalue weighted by Crippen LogP contribution is -2.36. The van der Waals surface area contributed by atoms with Crippen LogP contribution in [0.15, 0.2) is 47.3 Å². The molecule has 166 valence electrons. The van der Waals surface area contributed by atoms with Crippen LogP contribution in [-0.4, -0.2) is 53.9 Å². The third-order valence-corrected chi connectivity index (χ3v) is 5.10. The Kier molecular flexibility index (Phi) is 6.39. The summed E-state index contributed by atoms with van der Waals surface area (Å²) >= 11 is 0. The molecule has 0 spiro atoms. The van der Waals surface area contributed by atoms with Gasteiger partial charge in [-0.1, -0.05) is 0 Å².